The molecule has 0 rings (SSSR count). The van der Waals surface area contributed by atoms with Gasteiger partial charge in [-0.2, -0.15) is 0 Å². The van der Waals surface area contributed by atoms with E-state index in [0.29, 0.717) is 18.6 Å². The third-order valence-electron chi connectivity index (χ3n) is 3.17. The first-order valence-electron chi connectivity index (χ1n) is 5.53. The van der Waals surface area contributed by atoms with E-state index in [-0.39, 0.29) is 18.7 Å². The quantitative estimate of drug-likeness (QED) is 0.645. The number of nitrogens with two attached hydrogens (primary N) is 1. The fraction of sp³-hybridized carbons (Fsp3) is 1.00. The van der Waals surface area contributed by atoms with Crippen molar-refractivity contribution in [2.24, 2.45) is 11.7 Å². The summed E-state index contributed by atoms with van der Waals surface area (Å²) in [6.07, 6.45) is 0. The van der Waals surface area contributed by atoms with Gasteiger partial charge in [0.05, 0.1) is 19.3 Å². The Morgan fingerprint density at radius 3 is 2.20 bits per heavy atom. The second kappa shape index (κ2) is 7.17. The SMILES string of the molecule is COCC(N)C(CO)N(C)C(C)C(C)C. The van der Waals surface area contributed by atoms with Gasteiger partial charge in [-0.05, 0) is 19.9 Å². The maximum absolute atomic E-state index is 9.35. The van der Waals surface area contributed by atoms with Crippen LogP contribution in [-0.4, -0.2) is 55.5 Å². The highest BCUT2D eigenvalue weighted by molar-refractivity contribution is 4.83. The smallest absolute Gasteiger partial charge is 0.0629 e. The molecule has 0 aliphatic rings. The van der Waals surface area contributed by atoms with Crippen LogP contribution in [0.1, 0.15) is 20.8 Å². The molecule has 92 valence electrons. The van der Waals surface area contributed by atoms with E-state index < -0.39 is 0 Å². The van der Waals surface area contributed by atoms with Gasteiger partial charge in [-0.25, -0.2) is 0 Å². The van der Waals surface area contributed by atoms with E-state index in [9.17, 15) is 5.11 Å². The minimum atomic E-state index is -0.147. The molecule has 0 saturated carbocycles. The number of ether oxygens (including phenoxy) is 1. The van der Waals surface area contributed by atoms with E-state index in [1.54, 1.807) is 7.11 Å². The molecule has 15 heavy (non-hydrogen) atoms. The molecule has 0 radical (unpaired) electrons. The molecule has 0 aromatic heterocycles. The van der Waals surface area contributed by atoms with E-state index in [1.165, 1.54) is 0 Å². The van der Waals surface area contributed by atoms with Crippen LogP contribution in [0, 0.1) is 5.92 Å². The van der Waals surface area contributed by atoms with Gasteiger partial charge in [0.1, 0.15) is 0 Å². The highest BCUT2D eigenvalue weighted by atomic mass is 16.5. The van der Waals surface area contributed by atoms with Crippen molar-refractivity contribution < 1.29 is 9.84 Å². The lowest BCUT2D eigenvalue weighted by molar-refractivity contribution is 0.0535. The molecule has 3 atom stereocenters. The number of aliphatic hydroxyl groups excluding tert-OH is 1. The van der Waals surface area contributed by atoms with Crippen LogP contribution < -0.4 is 5.73 Å². The standard InChI is InChI=1S/C11H26N2O2/c1-8(2)9(3)13(4)11(6-14)10(12)7-15-5/h8-11,14H,6-7,12H2,1-5H3. The van der Waals surface area contributed by atoms with E-state index >= 15 is 0 Å². The molecule has 0 aliphatic heterocycles. The van der Waals surface area contributed by atoms with E-state index in [1.807, 2.05) is 7.05 Å². The Balaban J connectivity index is 4.38. The highest BCUT2D eigenvalue weighted by Gasteiger charge is 2.26. The lowest BCUT2D eigenvalue weighted by Gasteiger charge is -2.37. The third kappa shape index (κ3) is 4.47. The van der Waals surface area contributed by atoms with Gasteiger partial charge < -0.3 is 15.6 Å². The van der Waals surface area contributed by atoms with Crippen molar-refractivity contribution in [1.82, 2.24) is 4.90 Å². The fourth-order valence-corrected chi connectivity index (χ4v) is 1.64. The maximum Gasteiger partial charge on any atom is 0.0629 e. The number of aliphatic hydroxyl groups is 1. The molecule has 0 aromatic rings. The molecule has 3 unspecified atom stereocenters. The van der Waals surface area contributed by atoms with Gasteiger partial charge in [0.15, 0.2) is 0 Å². The van der Waals surface area contributed by atoms with Crippen molar-refractivity contribution in [3.8, 4) is 0 Å². The summed E-state index contributed by atoms with van der Waals surface area (Å²) in [5, 5.41) is 9.35. The minimum absolute atomic E-state index is 0.0395. The summed E-state index contributed by atoms with van der Waals surface area (Å²) in [4.78, 5) is 2.13. The zero-order valence-corrected chi connectivity index (χ0v) is 10.6. The number of likely N-dealkylation sites (N-methyl/N-ethyl adjacent to an activating group) is 1. The number of hydrogen-bond acceptors (Lipinski definition) is 4. The molecular formula is C11H26N2O2. The average molecular weight is 218 g/mol. The van der Waals surface area contributed by atoms with Crippen molar-refractivity contribution in [1.29, 1.82) is 0 Å². The average Bonchev–Trinajstić information content (AvgIpc) is 2.17. The summed E-state index contributed by atoms with van der Waals surface area (Å²) in [7, 11) is 3.63. The van der Waals surface area contributed by atoms with Crippen LogP contribution in [0.3, 0.4) is 0 Å². The van der Waals surface area contributed by atoms with Crippen molar-refractivity contribution in [2.75, 3.05) is 27.4 Å². The van der Waals surface area contributed by atoms with Crippen molar-refractivity contribution in [2.45, 2.75) is 38.9 Å². The molecule has 0 heterocycles. The monoisotopic (exact) mass is 218 g/mol. The van der Waals surface area contributed by atoms with Crippen LogP contribution in [-0.2, 0) is 4.74 Å². The Morgan fingerprint density at radius 2 is 1.87 bits per heavy atom. The largest absolute Gasteiger partial charge is 0.395 e. The Hall–Kier alpha value is -0.160. The van der Waals surface area contributed by atoms with Gasteiger partial charge >= 0.3 is 0 Å². The second-order valence-corrected chi connectivity index (χ2v) is 4.52. The molecule has 0 fully saturated rings. The summed E-state index contributed by atoms with van der Waals surface area (Å²) in [6, 6.07) is 0.207. The molecule has 0 aromatic carbocycles. The number of rotatable bonds is 7. The molecule has 4 nitrogen and oxygen atoms in total. The van der Waals surface area contributed by atoms with Gasteiger partial charge in [0.25, 0.3) is 0 Å². The van der Waals surface area contributed by atoms with Gasteiger partial charge in [-0.1, -0.05) is 13.8 Å². The van der Waals surface area contributed by atoms with Crippen LogP contribution in [0.15, 0.2) is 0 Å². The van der Waals surface area contributed by atoms with Crippen molar-refractivity contribution in [3.05, 3.63) is 0 Å². The molecule has 0 amide bonds. The molecule has 4 heteroatoms. The lowest BCUT2D eigenvalue weighted by atomic mass is 10.0. The maximum atomic E-state index is 9.35. The van der Waals surface area contributed by atoms with E-state index in [0.717, 1.165) is 0 Å². The first-order chi connectivity index (χ1) is 6.95. The Bertz CT molecular complexity index is 165. The molecule has 0 bridgehead atoms. The zero-order chi connectivity index (χ0) is 12.0. The summed E-state index contributed by atoms with van der Waals surface area (Å²) in [5.41, 5.74) is 5.95. The predicted molar refractivity (Wildman–Crippen MR) is 62.8 cm³/mol. The molecule has 0 spiro atoms. The first-order valence-corrected chi connectivity index (χ1v) is 5.53. The van der Waals surface area contributed by atoms with E-state index in [4.69, 9.17) is 10.5 Å². The number of hydrogen-bond donors (Lipinski definition) is 2. The van der Waals surface area contributed by atoms with Crippen molar-refractivity contribution in [3.63, 3.8) is 0 Å². The highest BCUT2D eigenvalue weighted by Crippen LogP contribution is 2.13. The van der Waals surface area contributed by atoms with E-state index in [2.05, 4.69) is 25.7 Å². The molecular weight excluding hydrogens is 192 g/mol. The van der Waals surface area contributed by atoms with Gasteiger partial charge in [0.2, 0.25) is 0 Å². The van der Waals surface area contributed by atoms with Crippen LogP contribution >= 0.6 is 0 Å². The van der Waals surface area contributed by atoms with Gasteiger partial charge in [0, 0.05) is 19.2 Å². The molecule has 0 aliphatic carbocycles. The zero-order valence-electron chi connectivity index (χ0n) is 10.6. The van der Waals surface area contributed by atoms with Gasteiger partial charge in [-0.3, -0.25) is 4.90 Å². The van der Waals surface area contributed by atoms with Crippen LogP contribution in [0.25, 0.3) is 0 Å². The van der Waals surface area contributed by atoms with Crippen LogP contribution in [0.5, 0.6) is 0 Å². The summed E-state index contributed by atoms with van der Waals surface area (Å²) >= 11 is 0. The molecule has 0 saturated heterocycles. The summed E-state index contributed by atoms with van der Waals surface area (Å²) < 4.78 is 5.01. The predicted octanol–water partition coefficient (Wildman–Crippen LogP) is 0.297. The number of methoxy groups -OCH3 is 1. The third-order valence-corrected chi connectivity index (χ3v) is 3.17. The fourth-order valence-electron chi connectivity index (χ4n) is 1.64. The molecule has 3 N–H and O–H groups in total. The van der Waals surface area contributed by atoms with Gasteiger partial charge in [-0.15, -0.1) is 0 Å². The Labute approximate surface area is 93.4 Å². The van der Waals surface area contributed by atoms with Crippen molar-refractivity contribution >= 4 is 0 Å². The lowest BCUT2D eigenvalue weighted by Crippen LogP contribution is -2.54. The topological polar surface area (TPSA) is 58.7 Å². The Morgan fingerprint density at radius 1 is 1.33 bits per heavy atom. The second-order valence-electron chi connectivity index (χ2n) is 4.52. The summed E-state index contributed by atoms with van der Waals surface area (Å²) in [5.74, 6) is 0.541. The Kier molecular flexibility index (Phi) is 7.09. The number of nitrogens with zero attached hydrogens (tertiary/aromatic N) is 1. The normalized spacial score (nSPS) is 18.2. The van der Waals surface area contributed by atoms with Crippen LogP contribution in [0.2, 0.25) is 0 Å². The minimum Gasteiger partial charge on any atom is -0.395 e. The van der Waals surface area contributed by atoms with Crippen LogP contribution in [0.4, 0.5) is 0 Å². The first kappa shape index (κ1) is 14.8. The summed E-state index contributed by atoms with van der Waals surface area (Å²) in [6.45, 7) is 7.01.